The maximum Gasteiger partial charge on any atom is 0.329 e. The molecule has 2 amide bonds. The van der Waals surface area contributed by atoms with Gasteiger partial charge in [-0.2, -0.15) is 0 Å². The van der Waals surface area contributed by atoms with Gasteiger partial charge in [-0.1, -0.05) is 21.6 Å². The number of carbonyl (C=O) groups excluding carboxylic acids is 4. The number of ether oxygens (including phenoxy) is 2. The minimum absolute atomic E-state index is 0.185. The Labute approximate surface area is 160 Å². The van der Waals surface area contributed by atoms with Gasteiger partial charge in [0.25, 0.3) is 0 Å². The molecule has 0 aromatic carbocycles. The SMILES string of the molecule is COC(=O)C(CSSCC(NC(=O)[C@H](C)N)C(=O)OC)NC(=O)[C@H](C)N. The van der Waals surface area contributed by atoms with Gasteiger partial charge in [0.1, 0.15) is 12.1 Å². The molecule has 6 N–H and O–H groups in total. The van der Waals surface area contributed by atoms with Crippen LogP contribution in [0.15, 0.2) is 0 Å². The van der Waals surface area contributed by atoms with Gasteiger partial charge in [0.2, 0.25) is 11.8 Å². The van der Waals surface area contributed by atoms with E-state index in [1.165, 1.54) is 49.7 Å². The van der Waals surface area contributed by atoms with Crippen LogP contribution in [0.25, 0.3) is 0 Å². The van der Waals surface area contributed by atoms with Crippen molar-refractivity contribution in [3.8, 4) is 0 Å². The van der Waals surface area contributed by atoms with Gasteiger partial charge >= 0.3 is 11.9 Å². The Bertz CT molecular complexity index is 460. The van der Waals surface area contributed by atoms with Crippen LogP contribution in [0.2, 0.25) is 0 Å². The van der Waals surface area contributed by atoms with Crippen molar-refractivity contribution in [1.29, 1.82) is 0 Å². The Morgan fingerprint density at radius 2 is 1.12 bits per heavy atom. The molecule has 0 rings (SSSR count). The van der Waals surface area contributed by atoms with E-state index in [0.717, 1.165) is 0 Å². The predicted molar refractivity (Wildman–Crippen MR) is 100 cm³/mol. The molecule has 0 aromatic heterocycles. The number of hydrogen-bond donors (Lipinski definition) is 4. The highest BCUT2D eigenvalue weighted by Crippen LogP contribution is 2.23. The largest absolute Gasteiger partial charge is 0.467 e. The second-order valence-electron chi connectivity index (χ2n) is 5.32. The average Bonchev–Trinajstić information content (AvgIpc) is 2.60. The zero-order valence-corrected chi connectivity index (χ0v) is 16.8. The van der Waals surface area contributed by atoms with Crippen LogP contribution in [0.4, 0.5) is 0 Å². The molecule has 0 bridgehead atoms. The lowest BCUT2D eigenvalue weighted by Crippen LogP contribution is -2.49. The number of esters is 2. The summed E-state index contributed by atoms with van der Waals surface area (Å²) in [5.74, 6) is -1.82. The number of nitrogens with two attached hydrogens (primary N) is 2. The molecule has 2 unspecified atom stereocenters. The molecular weight excluding hydrogens is 384 g/mol. The van der Waals surface area contributed by atoms with Crippen molar-refractivity contribution in [1.82, 2.24) is 10.6 Å². The van der Waals surface area contributed by atoms with Crippen LogP contribution in [0.3, 0.4) is 0 Å². The molecule has 0 aliphatic heterocycles. The van der Waals surface area contributed by atoms with Gasteiger partial charge in [-0.15, -0.1) is 0 Å². The molecule has 0 aliphatic rings. The molecule has 10 nitrogen and oxygen atoms in total. The summed E-state index contributed by atoms with van der Waals surface area (Å²) < 4.78 is 9.29. The molecule has 0 aromatic rings. The van der Waals surface area contributed by atoms with E-state index in [0.29, 0.717) is 0 Å². The first-order valence-electron chi connectivity index (χ1n) is 7.66. The molecule has 0 radical (unpaired) electrons. The zero-order chi connectivity index (χ0) is 20.3. The van der Waals surface area contributed by atoms with Crippen molar-refractivity contribution in [3.05, 3.63) is 0 Å². The van der Waals surface area contributed by atoms with Gasteiger partial charge in [-0.05, 0) is 13.8 Å². The van der Waals surface area contributed by atoms with E-state index in [9.17, 15) is 19.2 Å². The van der Waals surface area contributed by atoms with Crippen molar-refractivity contribution in [2.24, 2.45) is 11.5 Å². The topological polar surface area (TPSA) is 163 Å². The predicted octanol–water partition coefficient (Wildman–Crippen LogP) is -1.62. The van der Waals surface area contributed by atoms with Crippen molar-refractivity contribution >= 4 is 45.3 Å². The summed E-state index contributed by atoms with van der Waals surface area (Å²) in [5, 5.41) is 4.97. The number of methoxy groups -OCH3 is 2. The van der Waals surface area contributed by atoms with Gasteiger partial charge in [0.15, 0.2) is 0 Å². The van der Waals surface area contributed by atoms with Gasteiger partial charge in [0, 0.05) is 11.5 Å². The second kappa shape index (κ2) is 12.8. The molecule has 26 heavy (non-hydrogen) atoms. The first-order chi connectivity index (χ1) is 12.1. The van der Waals surface area contributed by atoms with Crippen LogP contribution >= 0.6 is 21.6 Å². The zero-order valence-electron chi connectivity index (χ0n) is 15.1. The quantitative estimate of drug-likeness (QED) is 0.177. The number of carbonyl (C=O) groups is 4. The highest BCUT2D eigenvalue weighted by molar-refractivity contribution is 8.76. The van der Waals surface area contributed by atoms with E-state index < -0.39 is 47.9 Å². The monoisotopic (exact) mass is 410 g/mol. The third kappa shape index (κ3) is 9.27. The summed E-state index contributed by atoms with van der Waals surface area (Å²) in [7, 11) is 4.86. The first-order valence-corrected chi connectivity index (χ1v) is 10.1. The maximum absolute atomic E-state index is 11.7. The van der Waals surface area contributed by atoms with Crippen molar-refractivity contribution in [3.63, 3.8) is 0 Å². The van der Waals surface area contributed by atoms with Crippen LogP contribution in [0.1, 0.15) is 13.8 Å². The number of nitrogens with one attached hydrogen (secondary N) is 2. The van der Waals surface area contributed by atoms with Crippen LogP contribution in [0, 0.1) is 0 Å². The number of hydrogen-bond acceptors (Lipinski definition) is 10. The minimum Gasteiger partial charge on any atom is -0.467 e. The molecule has 0 heterocycles. The summed E-state index contributed by atoms with van der Waals surface area (Å²) in [6.45, 7) is 2.99. The lowest BCUT2D eigenvalue weighted by Gasteiger charge is -2.19. The lowest BCUT2D eigenvalue weighted by atomic mass is 10.3. The van der Waals surface area contributed by atoms with Crippen LogP contribution in [0.5, 0.6) is 0 Å². The highest BCUT2D eigenvalue weighted by atomic mass is 33.1. The van der Waals surface area contributed by atoms with E-state index >= 15 is 0 Å². The molecule has 0 aliphatic carbocycles. The Morgan fingerprint density at radius 3 is 1.35 bits per heavy atom. The van der Waals surface area contributed by atoms with Crippen LogP contribution in [-0.2, 0) is 28.7 Å². The maximum atomic E-state index is 11.7. The molecule has 4 atom stereocenters. The second-order valence-corrected chi connectivity index (χ2v) is 7.87. The Hall–Kier alpha value is -1.50. The summed E-state index contributed by atoms with van der Waals surface area (Å²) in [5.41, 5.74) is 10.9. The standard InChI is InChI=1S/C14H26N4O6S2/c1-7(15)11(19)17-9(13(21)23-3)5-25-26-6-10(14(22)24-4)18-12(20)8(2)16/h7-10H,5-6,15-16H2,1-4H3,(H,17,19)(H,18,20)/t7-,8-,9?,10?/m0/s1. The fourth-order valence-electron chi connectivity index (χ4n) is 1.46. The van der Waals surface area contributed by atoms with Gasteiger partial charge in [-0.3, -0.25) is 9.59 Å². The van der Waals surface area contributed by atoms with Crippen molar-refractivity contribution in [2.75, 3.05) is 25.7 Å². The molecule has 0 saturated carbocycles. The van der Waals surface area contributed by atoms with E-state index in [2.05, 4.69) is 20.1 Å². The molecule has 12 heteroatoms. The molecule has 0 spiro atoms. The van der Waals surface area contributed by atoms with E-state index in [1.807, 2.05) is 0 Å². The van der Waals surface area contributed by atoms with Gasteiger partial charge in [-0.25, -0.2) is 9.59 Å². The summed E-state index contributed by atoms with van der Waals surface area (Å²) >= 11 is 0. The molecule has 150 valence electrons. The smallest absolute Gasteiger partial charge is 0.329 e. The third-order valence-corrected chi connectivity index (χ3v) is 5.41. The highest BCUT2D eigenvalue weighted by Gasteiger charge is 2.25. The number of amides is 2. The van der Waals surface area contributed by atoms with Crippen LogP contribution in [-0.4, -0.2) is 73.6 Å². The fourth-order valence-corrected chi connectivity index (χ4v) is 3.76. The summed E-state index contributed by atoms with van der Waals surface area (Å²) in [6, 6.07) is -3.30. The lowest BCUT2D eigenvalue weighted by molar-refractivity contribution is -0.144. The van der Waals surface area contributed by atoms with Crippen molar-refractivity contribution < 1.29 is 28.7 Å². The number of rotatable bonds is 11. The molecular formula is C14H26N4O6S2. The normalized spacial score (nSPS) is 15.2. The minimum atomic E-state index is -0.883. The summed E-state index contributed by atoms with van der Waals surface area (Å²) in [4.78, 5) is 46.8. The van der Waals surface area contributed by atoms with Crippen LogP contribution < -0.4 is 22.1 Å². The van der Waals surface area contributed by atoms with Crippen molar-refractivity contribution in [2.45, 2.75) is 38.0 Å². The Kier molecular flexibility index (Phi) is 12.1. The van der Waals surface area contributed by atoms with Gasteiger partial charge < -0.3 is 31.6 Å². The van der Waals surface area contributed by atoms with E-state index in [1.54, 1.807) is 0 Å². The summed E-state index contributed by atoms with van der Waals surface area (Å²) in [6.07, 6.45) is 0. The third-order valence-electron chi connectivity index (χ3n) is 2.98. The first kappa shape index (κ1) is 24.5. The van der Waals surface area contributed by atoms with E-state index in [-0.39, 0.29) is 11.5 Å². The van der Waals surface area contributed by atoms with Gasteiger partial charge in [0.05, 0.1) is 26.3 Å². The Balaban J connectivity index is 4.60. The fraction of sp³-hybridized carbons (Fsp3) is 0.714. The van der Waals surface area contributed by atoms with E-state index in [4.69, 9.17) is 11.5 Å². The average molecular weight is 411 g/mol. The molecule has 0 fully saturated rings. The molecule has 0 saturated heterocycles. The Morgan fingerprint density at radius 1 is 0.808 bits per heavy atom.